The summed E-state index contributed by atoms with van der Waals surface area (Å²) in [7, 11) is 0. The molecule has 7 aliphatic rings. The van der Waals surface area contributed by atoms with Crippen LogP contribution < -0.4 is 0 Å². The summed E-state index contributed by atoms with van der Waals surface area (Å²) in [4.78, 5) is 212. The quantitative estimate of drug-likeness (QED) is 0.0341. The average Bonchev–Trinajstić information content (AvgIpc) is 1.47. The number of fused-ring (bicyclic) bond motifs is 3. The zero-order chi connectivity index (χ0) is 80.7. The van der Waals surface area contributed by atoms with Gasteiger partial charge in [-0.05, 0) is 42.0 Å². The van der Waals surface area contributed by atoms with E-state index >= 15 is 19.2 Å². The van der Waals surface area contributed by atoms with Crippen LogP contribution in [0.1, 0.15) is 130 Å². The van der Waals surface area contributed by atoms with Crippen LogP contribution in [-0.4, -0.2) is 260 Å². The number of imide groups is 3. The molecule has 0 radical (unpaired) electrons. The van der Waals surface area contributed by atoms with Gasteiger partial charge in [-0.15, -0.1) is 6.58 Å². The van der Waals surface area contributed by atoms with E-state index in [1.807, 2.05) is 0 Å². The van der Waals surface area contributed by atoms with Crippen molar-refractivity contribution >= 4 is 89.2 Å². The molecule has 112 heavy (non-hydrogen) atoms. The Morgan fingerprint density at radius 2 is 0.607 bits per heavy atom. The second-order valence-electron chi connectivity index (χ2n) is 26.5. The molecular formula is C76H79N3O33. The van der Waals surface area contributed by atoms with E-state index < -0.39 is 251 Å². The second kappa shape index (κ2) is 35.5. The first kappa shape index (κ1) is 81.9. The molecule has 596 valence electrons. The predicted octanol–water partition coefficient (Wildman–Crippen LogP) is 2.73. The molecule has 11 rings (SSSR count). The zero-order valence-electron chi connectivity index (χ0n) is 61.7. The van der Waals surface area contributed by atoms with Crippen molar-refractivity contribution in [2.45, 2.75) is 192 Å². The highest BCUT2D eigenvalue weighted by molar-refractivity contribution is 6.23. The summed E-state index contributed by atoms with van der Waals surface area (Å²) in [6.07, 6.45) is -32.7. The Morgan fingerprint density at radius 3 is 0.929 bits per heavy atom. The molecule has 4 aromatic rings. The summed E-state index contributed by atoms with van der Waals surface area (Å²) >= 11 is 0. The summed E-state index contributed by atoms with van der Waals surface area (Å²) in [5, 5.41) is 0. The first-order chi connectivity index (χ1) is 53.5. The minimum atomic E-state index is -2.32. The highest BCUT2D eigenvalue weighted by Gasteiger charge is 2.64. The van der Waals surface area contributed by atoms with Crippen LogP contribution in [0.15, 0.2) is 116 Å². The molecule has 0 saturated carbocycles. The number of rotatable bonds is 28. The first-order valence-electron chi connectivity index (χ1n) is 35.2. The third kappa shape index (κ3) is 17.8. The minimum Gasteiger partial charge on any atom is -0.463 e. The molecule has 0 aromatic heterocycles. The van der Waals surface area contributed by atoms with E-state index in [4.69, 9.17) is 85.3 Å². The number of carbonyl (C=O) groups is 15. The van der Waals surface area contributed by atoms with E-state index in [1.165, 1.54) is 78.9 Å². The summed E-state index contributed by atoms with van der Waals surface area (Å²) in [6.45, 7) is 8.14. The Hall–Kier alpha value is -11.1. The van der Waals surface area contributed by atoms with Crippen LogP contribution in [0.3, 0.4) is 0 Å². The van der Waals surface area contributed by atoms with Crippen molar-refractivity contribution in [2.24, 2.45) is 0 Å². The number of carbonyl (C=O) groups excluding carboxylic acids is 15. The smallest absolute Gasteiger partial charge is 0.303 e. The lowest BCUT2D eigenvalue weighted by molar-refractivity contribution is -0.386. The summed E-state index contributed by atoms with van der Waals surface area (Å²) in [5.74, 6) is -15.3. The molecule has 20 atom stereocenters. The van der Waals surface area contributed by atoms with Crippen LogP contribution >= 0.6 is 0 Å². The zero-order valence-corrected chi connectivity index (χ0v) is 61.7. The summed E-state index contributed by atoms with van der Waals surface area (Å²) in [6, 6.07) is 18.6. The van der Waals surface area contributed by atoms with Crippen LogP contribution in [0, 0.1) is 0 Å². The molecule has 0 aliphatic carbocycles. The van der Waals surface area contributed by atoms with Gasteiger partial charge < -0.3 is 85.3 Å². The van der Waals surface area contributed by atoms with Gasteiger partial charge in [-0.1, -0.05) is 72.8 Å². The molecule has 4 aromatic carbocycles. The number of hydrogen-bond donors (Lipinski definition) is 0. The Morgan fingerprint density at radius 1 is 0.321 bits per heavy atom. The maximum Gasteiger partial charge on any atom is 0.303 e. The van der Waals surface area contributed by atoms with E-state index in [1.54, 1.807) is 30.3 Å². The Labute approximate surface area is 638 Å². The molecule has 36 heteroatoms. The lowest BCUT2D eigenvalue weighted by atomic mass is 9.93. The number of ether oxygens (including phenoxy) is 18. The van der Waals surface area contributed by atoms with Crippen molar-refractivity contribution in [3.63, 3.8) is 0 Å². The number of amides is 6. The van der Waals surface area contributed by atoms with E-state index in [0.717, 1.165) is 62.3 Å². The van der Waals surface area contributed by atoms with E-state index in [2.05, 4.69) is 6.58 Å². The van der Waals surface area contributed by atoms with Gasteiger partial charge in [-0.3, -0.25) is 86.6 Å². The number of nitrogens with zero attached hydrogens (tertiary/aromatic N) is 3. The molecular weight excluding hydrogens is 1480 g/mol. The Kier molecular flexibility index (Phi) is 26.0. The van der Waals surface area contributed by atoms with E-state index in [0.29, 0.717) is 20.3 Å². The van der Waals surface area contributed by atoms with Crippen LogP contribution in [0.25, 0.3) is 0 Å². The highest BCUT2D eigenvalue weighted by Crippen LogP contribution is 2.44. The van der Waals surface area contributed by atoms with Gasteiger partial charge in [0, 0.05) is 62.3 Å². The highest BCUT2D eigenvalue weighted by atomic mass is 16.8. The van der Waals surface area contributed by atoms with Gasteiger partial charge in [-0.2, -0.15) is 0 Å². The van der Waals surface area contributed by atoms with Crippen molar-refractivity contribution in [3.05, 3.63) is 155 Å². The van der Waals surface area contributed by atoms with Crippen LogP contribution in [-0.2, 0) is 135 Å². The van der Waals surface area contributed by atoms with Gasteiger partial charge in [0.25, 0.3) is 35.4 Å². The molecule has 0 spiro atoms. The Bertz CT molecular complexity index is 4230. The Balaban J connectivity index is 1.15. The van der Waals surface area contributed by atoms with Crippen molar-refractivity contribution in [3.8, 4) is 0 Å². The molecule has 7 aliphatic heterocycles. The standard InChI is InChI=1S/C76H79N3O33/c1-11-29-95-76-66(112-75-57(79-71(93)49-27-19-20-28-50(49)72(79)94)64(106-43(10)88)60(103-40(7)85)53(109-75)33-98-37(4)82)65(99-30-44-21-13-12-14-22-44)61(111-74-56(78-69(91)47-25-17-18-26-48(47)70(78)92)63(105-42(9)87)59(102-39(6)84)52(108-74)32-97-36(3)81)54(110-76)34-100-73-55(77-67(89)45-23-15-16-24-46(45)68(77)90)62(104-41(8)86)58(101-38(5)83)51(107-73)31-96-35(2)80/h11-28,51-66,73-76H,1,29-34H2,2-10H3/t51-,52-,53-,54-,55-,56-,57-,58-,59-,60-,61-,62-,63-,64-,65+,66+,73-,74+,75+,76+/m1/s1. The maximum atomic E-state index is 15.2. The fourth-order valence-electron chi connectivity index (χ4n) is 14.3. The monoisotopic (exact) mass is 1560 g/mol. The third-order valence-electron chi connectivity index (χ3n) is 18.6. The van der Waals surface area contributed by atoms with Crippen molar-refractivity contribution < 1.29 is 157 Å². The molecule has 4 saturated heterocycles. The van der Waals surface area contributed by atoms with Crippen molar-refractivity contribution in [1.82, 2.24) is 14.7 Å². The number of hydrogen-bond acceptors (Lipinski definition) is 33. The van der Waals surface area contributed by atoms with E-state index in [9.17, 15) is 52.7 Å². The molecule has 36 nitrogen and oxygen atoms in total. The third-order valence-corrected chi connectivity index (χ3v) is 18.6. The molecule has 0 bridgehead atoms. The lowest BCUT2D eigenvalue weighted by Gasteiger charge is -2.52. The number of benzene rings is 4. The van der Waals surface area contributed by atoms with Crippen LogP contribution in [0.4, 0.5) is 0 Å². The summed E-state index contributed by atoms with van der Waals surface area (Å²) in [5.41, 5.74) is -0.669. The number of esters is 9. The van der Waals surface area contributed by atoms with Crippen LogP contribution in [0.2, 0.25) is 0 Å². The second-order valence-corrected chi connectivity index (χ2v) is 26.5. The van der Waals surface area contributed by atoms with Gasteiger partial charge in [0.1, 0.15) is 80.7 Å². The van der Waals surface area contributed by atoms with Gasteiger partial charge in [0.2, 0.25) is 0 Å². The SMILES string of the molecule is C=CCO[C@H]1O[C@H](CO[C@@H]2O[C@H](COC(C)=O)[C@@H](OC(C)=O)[C@H](OC(C)=O)[C@H]2N2C(=O)c3ccccc3C2=O)[C@@H](O[C@@H]2O[C@H](COC(C)=O)[C@@H](OC(C)=O)[C@H](OC(C)=O)[C@H]2N2C(=O)c3ccccc3C2=O)[C@H](OCc2ccccc2)[C@@H]1O[C@@H]1O[C@H](COC(C)=O)[C@@H](OC(C)=O)[C@H](OC(C)=O)[C@H]1N1C(=O)c2ccccc2C1=O. The maximum absolute atomic E-state index is 15.2. The molecule has 6 amide bonds. The predicted molar refractivity (Wildman–Crippen MR) is 367 cm³/mol. The summed E-state index contributed by atoms with van der Waals surface area (Å²) < 4.78 is 114. The van der Waals surface area contributed by atoms with E-state index in [-0.39, 0.29) is 33.4 Å². The van der Waals surface area contributed by atoms with Gasteiger partial charge in [0.05, 0.1) is 53.2 Å². The fourth-order valence-corrected chi connectivity index (χ4v) is 14.3. The minimum absolute atomic E-state index is 0.157. The van der Waals surface area contributed by atoms with Crippen molar-refractivity contribution in [2.75, 3.05) is 33.0 Å². The average molecular weight is 1560 g/mol. The lowest BCUT2D eigenvalue weighted by Crippen LogP contribution is -2.71. The van der Waals surface area contributed by atoms with Gasteiger partial charge >= 0.3 is 53.7 Å². The van der Waals surface area contributed by atoms with Gasteiger partial charge in [-0.25, -0.2) is 0 Å². The van der Waals surface area contributed by atoms with Crippen LogP contribution in [0.5, 0.6) is 0 Å². The fraction of sp³-hybridized carbons (Fsp3) is 0.461. The largest absolute Gasteiger partial charge is 0.463 e. The molecule has 0 unspecified atom stereocenters. The molecule has 0 N–H and O–H groups in total. The first-order valence-corrected chi connectivity index (χ1v) is 35.2. The van der Waals surface area contributed by atoms with Crippen molar-refractivity contribution in [1.29, 1.82) is 0 Å². The van der Waals surface area contributed by atoms with Gasteiger partial charge in [0.15, 0.2) is 61.8 Å². The normalized spacial score (nSPS) is 29.2. The molecule has 4 fully saturated rings. The topological polar surface area (TPSA) is 432 Å². The molecule has 7 heterocycles.